The summed E-state index contributed by atoms with van der Waals surface area (Å²) in [4.78, 5) is 11.6. The van der Waals surface area contributed by atoms with E-state index in [4.69, 9.17) is 9.47 Å². The van der Waals surface area contributed by atoms with Gasteiger partial charge in [-0.15, -0.1) is 0 Å². The molecule has 3 nitrogen and oxygen atoms in total. The highest BCUT2D eigenvalue weighted by Crippen LogP contribution is 2.27. The second-order valence-corrected chi connectivity index (χ2v) is 5.00. The summed E-state index contributed by atoms with van der Waals surface area (Å²) in [6.07, 6.45) is 5.86. The molecule has 1 atom stereocenters. The molecule has 1 fully saturated rings. The van der Waals surface area contributed by atoms with Crippen LogP contribution in [0.3, 0.4) is 0 Å². The number of hydrogen-bond donors (Lipinski definition) is 0. The van der Waals surface area contributed by atoms with Crippen molar-refractivity contribution in [3.05, 3.63) is 47.5 Å². The summed E-state index contributed by atoms with van der Waals surface area (Å²) in [5.74, 6) is -0.252. The van der Waals surface area contributed by atoms with Crippen LogP contribution < -0.4 is 0 Å². The maximum absolute atomic E-state index is 11.6. The van der Waals surface area contributed by atoms with E-state index < -0.39 is 0 Å². The lowest BCUT2D eigenvalue weighted by molar-refractivity contribution is -0.137. The van der Waals surface area contributed by atoms with Gasteiger partial charge in [0.1, 0.15) is 0 Å². The van der Waals surface area contributed by atoms with Crippen molar-refractivity contribution < 1.29 is 14.3 Å². The molecule has 0 N–H and O–H groups in total. The van der Waals surface area contributed by atoms with Gasteiger partial charge >= 0.3 is 5.97 Å². The highest BCUT2D eigenvalue weighted by atomic mass is 16.5. The van der Waals surface area contributed by atoms with Gasteiger partial charge in [-0.3, -0.25) is 0 Å². The second-order valence-electron chi connectivity index (χ2n) is 5.00. The smallest absolute Gasteiger partial charge is 0.330 e. The number of hydrogen-bond acceptors (Lipinski definition) is 3. The minimum Gasteiger partial charge on any atom is -0.463 e. The Balaban J connectivity index is 1.95. The zero-order valence-electron chi connectivity index (χ0n) is 12.0. The Bertz CT molecular complexity index is 451. The number of benzene rings is 1. The Labute approximate surface area is 120 Å². The van der Waals surface area contributed by atoms with Gasteiger partial charge in [-0.25, -0.2) is 4.79 Å². The number of carbonyl (C=O) groups is 1. The van der Waals surface area contributed by atoms with Crippen LogP contribution in [0.4, 0.5) is 0 Å². The van der Waals surface area contributed by atoms with Crippen molar-refractivity contribution in [2.24, 2.45) is 0 Å². The fraction of sp³-hybridized carbons (Fsp3) is 0.471. The van der Waals surface area contributed by atoms with E-state index in [9.17, 15) is 4.79 Å². The van der Waals surface area contributed by atoms with E-state index in [1.54, 1.807) is 6.08 Å². The molecule has 3 heteroatoms. The van der Waals surface area contributed by atoms with E-state index in [1.165, 1.54) is 0 Å². The lowest BCUT2D eigenvalue weighted by Crippen LogP contribution is -2.21. The van der Waals surface area contributed by atoms with Crippen LogP contribution in [0.15, 0.2) is 42.0 Å². The van der Waals surface area contributed by atoms with Crippen molar-refractivity contribution in [1.29, 1.82) is 0 Å². The summed E-state index contributed by atoms with van der Waals surface area (Å²) in [6, 6.07) is 10.1. The average molecular weight is 274 g/mol. The Morgan fingerprint density at radius 1 is 1.30 bits per heavy atom. The molecule has 0 radical (unpaired) electrons. The summed E-state index contributed by atoms with van der Waals surface area (Å²) >= 11 is 0. The Morgan fingerprint density at radius 3 is 2.85 bits per heavy atom. The van der Waals surface area contributed by atoms with Crippen molar-refractivity contribution in [1.82, 2.24) is 0 Å². The van der Waals surface area contributed by atoms with Gasteiger partial charge in [0, 0.05) is 6.08 Å². The molecule has 0 spiro atoms. The summed E-state index contributed by atoms with van der Waals surface area (Å²) in [5.41, 5.74) is 2.24. The van der Waals surface area contributed by atoms with Crippen LogP contribution >= 0.6 is 0 Å². The van der Waals surface area contributed by atoms with Crippen molar-refractivity contribution in [2.45, 2.75) is 45.3 Å². The van der Waals surface area contributed by atoms with Crippen LogP contribution in [0.25, 0.3) is 0 Å². The summed E-state index contributed by atoms with van der Waals surface area (Å²) in [5, 5.41) is 0. The molecule has 1 aliphatic carbocycles. The number of carbonyl (C=O) groups excluding carboxylic acids is 1. The van der Waals surface area contributed by atoms with Crippen molar-refractivity contribution in [3.63, 3.8) is 0 Å². The molecule has 1 aromatic rings. The van der Waals surface area contributed by atoms with Crippen LogP contribution in [-0.4, -0.2) is 18.7 Å². The molecule has 20 heavy (non-hydrogen) atoms. The van der Waals surface area contributed by atoms with Crippen LogP contribution in [0, 0.1) is 0 Å². The van der Waals surface area contributed by atoms with E-state index in [1.807, 2.05) is 25.1 Å². The molecule has 0 aromatic heterocycles. The summed E-state index contributed by atoms with van der Waals surface area (Å²) in [7, 11) is 0. The molecular formula is C17H22O3. The highest BCUT2D eigenvalue weighted by molar-refractivity contribution is 5.83. The molecule has 108 valence electrons. The molecule has 1 aromatic carbocycles. The quantitative estimate of drug-likeness (QED) is 0.607. The maximum atomic E-state index is 11.6. The van der Waals surface area contributed by atoms with Gasteiger partial charge in [-0.05, 0) is 37.3 Å². The predicted octanol–water partition coefficient (Wildman–Crippen LogP) is 3.64. The van der Waals surface area contributed by atoms with Gasteiger partial charge in [0.25, 0.3) is 0 Å². The third-order valence-corrected chi connectivity index (χ3v) is 3.48. The van der Waals surface area contributed by atoms with E-state index in [0.29, 0.717) is 13.2 Å². The fourth-order valence-corrected chi connectivity index (χ4v) is 2.47. The van der Waals surface area contributed by atoms with Crippen LogP contribution in [0.1, 0.15) is 38.2 Å². The largest absolute Gasteiger partial charge is 0.463 e. The zero-order valence-corrected chi connectivity index (χ0v) is 12.0. The van der Waals surface area contributed by atoms with Crippen molar-refractivity contribution >= 4 is 5.97 Å². The monoisotopic (exact) mass is 274 g/mol. The molecule has 1 unspecified atom stereocenters. The Kier molecular flexibility index (Phi) is 5.81. The van der Waals surface area contributed by atoms with E-state index >= 15 is 0 Å². The van der Waals surface area contributed by atoms with Gasteiger partial charge in [0.05, 0.1) is 19.3 Å². The van der Waals surface area contributed by atoms with E-state index in [-0.39, 0.29) is 12.1 Å². The highest BCUT2D eigenvalue weighted by Gasteiger charge is 2.20. The Morgan fingerprint density at radius 2 is 2.10 bits per heavy atom. The third kappa shape index (κ3) is 4.49. The molecule has 0 amide bonds. The Hall–Kier alpha value is -1.61. The summed E-state index contributed by atoms with van der Waals surface area (Å²) in [6.45, 7) is 2.82. The first kappa shape index (κ1) is 14.8. The third-order valence-electron chi connectivity index (χ3n) is 3.48. The number of esters is 1. The lowest BCUT2D eigenvalue weighted by Gasteiger charge is -2.25. The molecule has 0 aliphatic heterocycles. The fourth-order valence-electron chi connectivity index (χ4n) is 2.47. The van der Waals surface area contributed by atoms with Gasteiger partial charge in [0.2, 0.25) is 0 Å². The first-order valence-corrected chi connectivity index (χ1v) is 7.32. The summed E-state index contributed by atoms with van der Waals surface area (Å²) < 4.78 is 11.0. The molecular weight excluding hydrogens is 252 g/mol. The topological polar surface area (TPSA) is 35.5 Å². The number of rotatable bonds is 5. The standard InChI is InChI=1S/C17H22O3/c1-2-19-17(18)12-15-10-6-7-11-16(15)20-13-14-8-4-3-5-9-14/h3-5,8-9,12,16H,2,6-7,10-11,13H2,1H3/b15-12+. The molecule has 0 heterocycles. The molecule has 1 aliphatic rings. The zero-order chi connectivity index (χ0) is 14.2. The molecule has 2 rings (SSSR count). The van der Waals surface area contributed by atoms with Crippen molar-refractivity contribution in [3.8, 4) is 0 Å². The van der Waals surface area contributed by atoms with Crippen LogP contribution in [-0.2, 0) is 20.9 Å². The predicted molar refractivity (Wildman–Crippen MR) is 78.2 cm³/mol. The average Bonchev–Trinajstić information content (AvgIpc) is 2.48. The second kappa shape index (κ2) is 7.85. The first-order valence-electron chi connectivity index (χ1n) is 7.32. The minimum absolute atomic E-state index is 0.0494. The van der Waals surface area contributed by atoms with Gasteiger partial charge in [-0.2, -0.15) is 0 Å². The number of ether oxygens (including phenoxy) is 2. The van der Waals surface area contributed by atoms with Crippen molar-refractivity contribution in [2.75, 3.05) is 6.61 Å². The maximum Gasteiger partial charge on any atom is 0.330 e. The van der Waals surface area contributed by atoms with Crippen LogP contribution in [0.2, 0.25) is 0 Å². The van der Waals surface area contributed by atoms with E-state index in [2.05, 4.69) is 12.1 Å². The lowest BCUT2D eigenvalue weighted by atomic mass is 9.91. The molecule has 0 saturated heterocycles. The normalized spacial score (nSPS) is 20.9. The first-order chi connectivity index (χ1) is 9.79. The van der Waals surface area contributed by atoms with Gasteiger partial charge in [-0.1, -0.05) is 36.8 Å². The SMILES string of the molecule is CCOC(=O)/C=C1\CCCCC1OCc1ccccc1. The molecule has 1 saturated carbocycles. The van der Waals surface area contributed by atoms with Crippen LogP contribution in [0.5, 0.6) is 0 Å². The molecule has 0 bridgehead atoms. The minimum atomic E-state index is -0.252. The van der Waals surface area contributed by atoms with E-state index in [0.717, 1.165) is 36.8 Å². The van der Waals surface area contributed by atoms with Gasteiger partial charge in [0.15, 0.2) is 0 Å². The van der Waals surface area contributed by atoms with Gasteiger partial charge < -0.3 is 9.47 Å².